The van der Waals surface area contributed by atoms with Gasteiger partial charge in [-0.15, -0.1) is 0 Å². The molecule has 0 aliphatic heterocycles. The molecule has 0 saturated carbocycles. The summed E-state index contributed by atoms with van der Waals surface area (Å²) in [6.07, 6.45) is 0.0301. The van der Waals surface area contributed by atoms with Crippen LogP contribution in [0.15, 0.2) is 0 Å². The van der Waals surface area contributed by atoms with E-state index < -0.39 is 6.10 Å². The van der Waals surface area contributed by atoms with E-state index in [1.54, 1.807) is 13.8 Å². The van der Waals surface area contributed by atoms with Crippen LogP contribution in [0.1, 0.15) is 20.3 Å². The fraction of sp³-hybridized carbons (Fsp3) is 0.800. The molecule has 0 saturated heterocycles. The van der Waals surface area contributed by atoms with Gasteiger partial charge in [-0.2, -0.15) is 0 Å². The molecule has 2 heteroatoms. The Kier molecular flexibility index (Phi) is 2.96. The minimum absolute atomic E-state index is 0.153. The van der Waals surface area contributed by atoms with E-state index in [9.17, 15) is 0 Å². The molecule has 0 heterocycles. The maximum atomic E-state index is 8.60. The van der Waals surface area contributed by atoms with Crippen molar-refractivity contribution in [3.63, 3.8) is 0 Å². The van der Waals surface area contributed by atoms with Gasteiger partial charge in [-0.05, 0) is 13.3 Å². The minimum Gasteiger partial charge on any atom is -0.390 e. The van der Waals surface area contributed by atoms with Crippen LogP contribution < -0.4 is 0 Å². The molecular formula is C5H11O2. The van der Waals surface area contributed by atoms with Crippen LogP contribution in [0.3, 0.4) is 0 Å². The van der Waals surface area contributed by atoms with Gasteiger partial charge in [-0.3, -0.25) is 0 Å². The van der Waals surface area contributed by atoms with Crippen molar-refractivity contribution in [1.29, 1.82) is 0 Å². The monoisotopic (exact) mass is 103 g/mol. The summed E-state index contributed by atoms with van der Waals surface area (Å²) in [7, 11) is 0. The van der Waals surface area contributed by atoms with Crippen molar-refractivity contribution in [2.75, 3.05) is 0 Å². The number of rotatable bonds is 2. The molecule has 0 aliphatic carbocycles. The van der Waals surface area contributed by atoms with E-state index in [1.165, 1.54) is 0 Å². The Labute approximate surface area is 43.8 Å². The standard InChI is InChI=1S/C5H11O2/c1-3-5(7)4(2)6/h4,6-7H,3H2,1-2H3. The lowest BCUT2D eigenvalue weighted by Crippen LogP contribution is -2.11. The van der Waals surface area contributed by atoms with E-state index in [1.807, 2.05) is 0 Å². The molecule has 0 amide bonds. The van der Waals surface area contributed by atoms with Gasteiger partial charge in [0.05, 0.1) is 6.10 Å². The Morgan fingerprint density at radius 1 is 1.71 bits per heavy atom. The lowest BCUT2D eigenvalue weighted by molar-refractivity contribution is 0.108. The molecule has 2 nitrogen and oxygen atoms in total. The Balaban J connectivity index is 3.14. The van der Waals surface area contributed by atoms with Crippen LogP contribution in [-0.4, -0.2) is 16.3 Å². The summed E-state index contributed by atoms with van der Waals surface area (Å²) in [5.41, 5.74) is 0. The Bertz CT molecular complexity index is 43.3. The van der Waals surface area contributed by atoms with Gasteiger partial charge in [-0.1, -0.05) is 6.92 Å². The topological polar surface area (TPSA) is 40.5 Å². The van der Waals surface area contributed by atoms with Gasteiger partial charge in [0.25, 0.3) is 0 Å². The summed E-state index contributed by atoms with van der Waals surface area (Å²) in [5, 5.41) is 17.1. The van der Waals surface area contributed by atoms with E-state index in [0.29, 0.717) is 6.42 Å². The Morgan fingerprint density at radius 2 is 2.14 bits per heavy atom. The summed E-state index contributed by atoms with van der Waals surface area (Å²) in [5.74, 6) is 0. The van der Waals surface area contributed by atoms with Gasteiger partial charge in [0.2, 0.25) is 0 Å². The van der Waals surface area contributed by atoms with E-state index >= 15 is 0 Å². The summed E-state index contributed by atoms with van der Waals surface area (Å²) < 4.78 is 0. The lowest BCUT2D eigenvalue weighted by atomic mass is 10.2. The zero-order valence-corrected chi connectivity index (χ0v) is 4.68. The predicted molar refractivity (Wildman–Crippen MR) is 27.2 cm³/mol. The highest BCUT2D eigenvalue weighted by Gasteiger charge is 2.07. The van der Waals surface area contributed by atoms with Crippen molar-refractivity contribution in [2.24, 2.45) is 0 Å². The van der Waals surface area contributed by atoms with Crippen molar-refractivity contribution < 1.29 is 10.2 Å². The first kappa shape index (κ1) is 6.92. The first-order valence-corrected chi connectivity index (χ1v) is 2.41. The molecule has 0 fully saturated rings. The van der Waals surface area contributed by atoms with Crippen molar-refractivity contribution in [3.05, 3.63) is 6.10 Å². The van der Waals surface area contributed by atoms with Gasteiger partial charge in [0.1, 0.15) is 6.10 Å². The number of hydrogen-bond donors (Lipinski definition) is 2. The SMILES string of the molecule is CC[C](O)C(C)O. The molecule has 0 aromatic heterocycles. The summed E-state index contributed by atoms with van der Waals surface area (Å²) in [6, 6.07) is 0. The number of aliphatic hydroxyl groups excluding tert-OH is 2. The molecule has 1 unspecified atom stereocenters. The second kappa shape index (κ2) is 2.99. The molecule has 0 aromatic carbocycles. The minimum atomic E-state index is -0.662. The van der Waals surface area contributed by atoms with Gasteiger partial charge in [0.15, 0.2) is 0 Å². The molecule has 0 aliphatic rings. The highest BCUT2D eigenvalue weighted by atomic mass is 16.3. The van der Waals surface area contributed by atoms with Gasteiger partial charge in [0, 0.05) is 0 Å². The third kappa shape index (κ3) is 2.60. The van der Waals surface area contributed by atoms with Crippen molar-refractivity contribution in [2.45, 2.75) is 26.4 Å². The molecule has 7 heavy (non-hydrogen) atoms. The Morgan fingerprint density at radius 3 is 2.14 bits per heavy atom. The second-order valence-electron chi connectivity index (χ2n) is 1.52. The first-order valence-electron chi connectivity index (χ1n) is 2.41. The number of aliphatic hydroxyl groups is 2. The molecule has 1 radical (unpaired) electrons. The van der Waals surface area contributed by atoms with Crippen LogP contribution in [-0.2, 0) is 0 Å². The van der Waals surface area contributed by atoms with Crippen LogP contribution in [0.25, 0.3) is 0 Å². The van der Waals surface area contributed by atoms with Gasteiger partial charge < -0.3 is 10.2 Å². The third-order valence-corrected chi connectivity index (χ3v) is 0.844. The summed E-state index contributed by atoms with van der Waals surface area (Å²) in [6.45, 7) is 3.33. The van der Waals surface area contributed by atoms with E-state index in [4.69, 9.17) is 10.2 Å². The maximum absolute atomic E-state index is 8.60. The van der Waals surface area contributed by atoms with Crippen LogP contribution in [0, 0.1) is 6.10 Å². The van der Waals surface area contributed by atoms with Crippen LogP contribution in [0.2, 0.25) is 0 Å². The van der Waals surface area contributed by atoms with Gasteiger partial charge >= 0.3 is 0 Å². The zero-order chi connectivity index (χ0) is 5.86. The zero-order valence-electron chi connectivity index (χ0n) is 4.68. The molecule has 0 bridgehead atoms. The molecule has 0 spiro atoms. The lowest BCUT2D eigenvalue weighted by Gasteiger charge is -2.06. The quantitative estimate of drug-likeness (QED) is 0.539. The Hall–Kier alpha value is -0.0800. The van der Waals surface area contributed by atoms with E-state index in [0.717, 1.165) is 0 Å². The molecule has 0 rings (SSSR count). The van der Waals surface area contributed by atoms with Crippen LogP contribution in [0.5, 0.6) is 0 Å². The number of hydrogen-bond acceptors (Lipinski definition) is 2. The molecule has 43 valence electrons. The predicted octanol–water partition coefficient (Wildman–Crippen LogP) is 0.682. The van der Waals surface area contributed by atoms with Crippen LogP contribution >= 0.6 is 0 Å². The summed E-state index contributed by atoms with van der Waals surface area (Å²) >= 11 is 0. The first-order chi connectivity index (χ1) is 3.18. The average Bonchev–Trinajstić information content (AvgIpc) is 1.65. The molecule has 0 aromatic rings. The maximum Gasteiger partial charge on any atom is 0.121 e. The van der Waals surface area contributed by atoms with Crippen LogP contribution in [0.4, 0.5) is 0 Å². The van der Waals surface area contributed by atoms with E-state index in [2.05, 4.69) is 0 Å². The molecule has 2 N–H and O–H groups in total. The fourth-order valence-corrected chi connectivity index (χ4v) is 0.295. The third-order valence-electron chi connectivity index (χ3n) is 0.844. The highest BCUT2D eigenvalue weighted by molar-refractivity contribution is 4.78. The largest absolute Gasteiger partial charge is 0.390 e. The van der Waals surface area contributed by atoms with Crippen molar-refractivity contribution >= 4 is 0 Å². The normalized spacial score (nSPS) is 15.0. The van der Waals surface area contributed by atoms with Crippen molar-refractivity contribution in [1.82, 2.24) is 0 Å². The highest BCUT2D eigenvalue weighted by Crippen LogP contribution is 2.03. The summed E-state index contributed by atoms with van der Waals surface area (Å²) in [4.78, 5) is 0. The fourth-order valence-electron chi connectivity index (χ4n) is 0.295. The van der Waals surface area contributed by atoms with E-state index in [-0.39, 0.29) is 6.10 Å². The van der Waals surface area contributed by atoms with Crippen molar-refractivity contribution in [3.8, 4) is 0 Å². The average molecular weight is 103 g/mol. The second-order valence-corrected chi connectivity index (χ2v) is 1.52. The smallest absolute Gasteiger partial charge is 0.121 e. The van der Waals surface area contributed by atoms with Gasteiger partial charge in [-0.25, -0.2) is 0 Å². The molecule has 1 atom stereocenters. The molecular weight excluding hydrogens is 92.1 g/mol.